The van der Waals surface area contributed by atoms with Gasteiger partial charge in [-0.1, -0.05) is 32.8 Å². The van der Waals surface area contributed by atoms with E-state index >= 15 is 0 Å². The van der Waals surface area contributed by atoms with Gasteiger partial charge in [-0.15, -0.1) is 0 Å². The molecule has 116 valence electrons. The predicted molar refractivity (Wildman–Crippen MR) is 83.5 cm³/mol. The van der Waals surface area contributed by atoms with Gasteiger partial charge in [0.2, 0.25) is 0 Å². The standard InChI is InChI=1S/C14H22N4O2S/c1-11(2)7-3-5-9-16-21(19,20)14-13(15)17-12-8-4-6-10-18(12)14/h4,6,8,10-11,16H,3,5,7,9,15H2,1-2H3. The number of anilines is 1. The lowest BCUT2D eigenvalue weighted by Gasteiger charge is -2.08. The van der Waals surface area contributed by atoms with Crippen LogP contribution in [0.25, 0.3) is 5.65 Å². The number of hydrogen-bond donors (Lipinski definition) is 2. The fourth-order valence-corrected chi connectivity index (χ4v) is 3.50. The third-order valence-electron chi connectivity index (χ3n) is 3.27. The normalized spacial score (nSPS) is 12.3. The van der Waals surface area contributed by atoms with Gasteiger partial charge in [-0.2, -0.15) is 0 Å². The van der Waals surface area contributed by atoms with Crippen molar-refractivity contribution in [2.24, 2.45) is 5.92 Å². The molecule has 0 spiro atoms. The van der Waals surface area contributed by atoms with Crippen LogP contribution in [0.2, 0.25) is 0 Å². The second kappa shape index (κ2) is 6.44. The lowest BCUT2D eigenvalue weighted by Crippen LogP contribution is -2.26. The molecule has 0 aromatic carbocycles. The Labute approximate surface area is 125 Å². The molecule has 2 heterocycles. The number of nitrogens with one attached hydrogen (secondary N) is 1. The highest BCUT2D eigenvalue weighted by molar-refractivity contribution is 7.89. The Morgan fingerprint density at radius 1 is 1.33 bits per heavy atom. The molecule has 0 radical (unpaired) electrons. The lowest BCUT2D eigenvalue weighted by molar-refractivity contribution is 0.530. The van der Waals surface area contributed by atoms with Crippen molar-refractivity contribution in [3.63, 3.8) is 0 Å². The third-order valence-corrected chi connectivity index (χ3v) is 4.77. The summed E-state index contributed by atoms with van der Waals surface area (Å²) in [5.41, 5.74) is 6.28. The zero-order valence-electron chi connectivity index (χ0n) is 12.4. The van der Waals surface area contributed by atoms with Gasteiger partial charge in [0.25, 0.3) is 10.0 Å². The number of nitrogen functional groups attached to an aromatic ring is 1. The van der Waals surface area contributed by atoms with Crippen molar-refractivity contribution in [3.8, 4) is 0 Å². The molecule has 0 fully saturated rings. The molecule has 0 bridgehead atoms. The van der Waals surface area contributed by atoms with E-state index in [4.69, 9.17) is 5.73 Å². The van der Waals surface area contributed by atoms with Crippen LogP contribution >= 0.6 is 0 Å². The van der Waals surface area contributed by atoms with E-state index in [2.05, 4.69) is 23.6 Å². The maximum atomic E-state index is 12.4. The number of fused-ring (bicyclic) bond motifs is 1. The SMILES string of the molecule is CC(C)CCCCNS(=O)(=O)c1c(N)nc2ccccn12. The molecule has 2 aromatic heterocycles. The van der Waals surface area contributed by atoms with Crippen molar-refractivity contribution >= 4 is 21.5 Å². The molecule has 3 N–H and O–H groups in total. The van der Waals surface area contributed by atoms with Crippen molar-refractivity contribution in [3.05, 3.63) is 24.4 Å². The minimum Gasteiger partial charge on any atom is -0.381 e. The molecule has 0 saturated carbocycles. The Balaban J connectivity index is 2.10. The average molecular weight is 310 g/mol. The van der Waals surface area contributed by atoms with E-state index in [0.29, 0.717) is 18.1 Å². The second-order valence-corrected chi connectivity index (χ2v) is 7.20. The zero-order chi connectivity index (χ0) is 15.5. The van der Waals surface area contributed by atoms with E-state index in [1.54, 1.807) is 24.4 Å². The molecule has 2 aromatic rings. The number of hydrogen-bond acceptors (Lipinski definition) is 4. The van der Waals surface area contributed by atoms with Gasteiger partial charge in [0.05, 0.1) is 0 Å². The molecule has 0 atom stereocenters. The Morgan fingerprint density at radius 3 is 2.81 bits per heavy atom. The third kappa shape index (κ3) is 3.74. The number of sulfonamides is 1. The van der Waals surface area contributed by atoms with Crippen molar-refractivity contribution < 1.29 is 8.42 Å². The number of rotatable bonds is 7. The van der Waals surface area contributed by atoms with Crippen LogP contribution in [0, 0.1) is 5.92 Å². The molecule has 0 aliphatic carbocycles. The quantitative estimate of drug-likeness (QED) is 0.766. The summed E-state index contributed by atoms with van der Waals surface area (Å²) in [6.07, 6.45) is 4.56. The van der Waals surface area contributed by atoms with Gasteiger partial charge < -0.3 is 5.73 Å². The Hall–Kier alpha value is -1.60. The van der Waals surface area contributed by atoms with Crippen LogP contribution in [0.1, 0.15) is 33.1 Å². The van der Waals surface area contributed by atoms with Crippen LogP contribution in [-0.4, -0.2) is 24.3 Å². The van der Waals surface area contributed by atoms with Gasteiger partial charge in [0, 0.05) is 12.7 Å². The summed E-state index contributed by atoms with van der Waals surface area (Å²) in [5.74, 6) is 0.659. The Bertz CT molecular complexity index is 707. The molecule has 0 amide bonds. The molecule has 0 aliphatic heterocycles. The highest BCUT2D eigenvalue weighted by atomic mass is 32.2. The van der Waals surface area contributed by atoms with Crippen molar-refractivity contribution in [1.29, 1.82) is 0 Å². The smallest absolute Gasteiger partial charge is 0.260 e. The first kappa shape index (κ1) is 15.8. The summed E-state index contributed by atoms with van der Waals surface area (Å²) in [6.45, 7) is 4.72. The van der Waals surface area contributed by atoms with E-state index in [0.717, 1.165) is 19.3 Å². The van der Waals surface area contributed by atoms with Crippen molar-refractivity contribution in [1.82, 2.24) is 14.1 Å². The molecule has 0 saturated heterocycles. The molecule has 0 unspecified atom stereocenters. The van der Waals surface area contributed by atoms with Crippen molar-refractivity contribution in [2.75, 3.05) is 12.3 Å². The van der Waals surface area contributed by atoms with E-state index in [-0.39, 0.29) is 10.8 Å². The van der Waals surface area contributed by atoms with E-state index in [9.17, 15) is 8.42 Å². The maximum Gasteiger partial charge on any atom is 0.260 e. The maximum absolute atomic E-state index is 12.4. The fraction of sp³-hybridized carbons (Fsp3) is 0.500. The van der Waals surface area contributed by atoms with Gasteiger partial charge >= 0.3 is 0 Å². The number of nitrogens with two attached hydrogens (primary N) is 1. The first-order valence-electron chi connectivity index (χ1n) is 7.14. The number of aromatic nitrogens is 2. The van der Waals surface area contributed by atoms with E-state index in [1.807, 2.05) is 0 Å². The van der Waals surface area contributed by atoms with Crippen molar-refractivity contribution in [2.45, 2.75) is 38.1 Å². The van der Waals surface area contributed by atoms with Crippen LogP contribution in [-0.2, 0) is 10.0 Å². The highest BCUT2D eigenvalue weighted by Crippen LogP contribution is 2.19. The van der Waals surface area contributed by atoms with Gasteiger partial charge in [-0.25, -0.2) is 18.1 Å². The first-order valence-corrected chi connectivity index (χ1v) is 8.62. The minimum absolute atomic E-state index is 0.0157. The second-order valence-electron chi connectivity index (χ2n) is 5.52. The number of unbranched alkanes of at least 4 members (excludes halogenated alkanes) is 1. The van der Waals surface area contributed by atoms with Crippen LogP contribution in [0.5, 0.6) is 0 Å². The van der Waals surface area contributed by atoms with Crippen LogP contribution in [0.3, 0.4) is 0 Å². The van der Waals surface area contributed by atoms with Crippen LogP contribution < -0.4 is 10.5 Å². The predicted octanol–water partition coefficient (Wildman–Crippen LogP) is 2.02. The minimum atomic E-state index is -3.65. The van der Waals surface area contributed by atoms with Gasteiger partial charge in [0.1, 0.15) is 5.65 Å². The van der Waals surface area contributed by atoms with Crippen LogP contribution in [0.4, 0.5) is 5.82 Å². The molecular formula is C14H22N4O2S. The summed E-state index contributed by atoms with van der Waals surface area (Å²) in [5, 5.41) is 0.0157. The Morgan fingerprint density at radius 2 is 2.10 bits per heavy atom. The summed E-state index contributed by atoms with van der Waals surface area (Å²) in [4.78, 5) is 4.07. The zero-order valence-corrected chi connectivity index (χ0v) is 13.2. The number of imidazole rings is 1. The average Bonchev–Trinajstić information content (AvgIpc) is 2.74. The summed E-state index contributed by atoms with van der Waals surface area (Å²) in [6, 6.07) is 5.26. The lowest BCUT2D eigenvalue weighted by atomic mass is 10.1. The molecular weight excluding hydrogens is 288 g/mol. The largest absolute Gasteiger partial charge is 0.381 e. The monoisotopic (exact) mass is 310 g/mol. The number of nitrogens with zero attached hydrogens (tertiary/aromatic N) is 2. The van der Waals surface area contributed by atoms with Crippen LogP contribution in [0.15, 0.2) is 29.4 Å². The summed E-state index contributed by atoms with van der Waals surface area (Å²) >= 11 is 0. The summed E-state index contributed by atoms with van der Waals surface area (Å²) in [7, 11) is -3.65. The number of pyridine rings is 1. The summed E-state index contributed by atoms with van der Waals surface area (Å²) < 4.78 is 28.8. The topological polar surface area (TPSA) is 89.5 Å². The van der Waals surface area contributed by atoms with Gasteiger partial charge in [-0.05, 0) is 24.5 Å². The Kier molecular flexibility index (Phi) is 4.84. The first-order chi connectivity index (χ1) is 9.92. The van der Waals surface area contributed by atoms with Gasteiger partial charge in [-0.3, -0.25) is 4.40 Å². The molecule has 0 aliphatic rings. The molecule has 7 heteroatoms. The highest BCUT2D eigenvalue weighted by Gasteiger charge is 2.23. The fourth-order valence-electron chi connectivity index (χ4n) is 2.21. The van der Waals surface area contributed by atoms with E-state index < -0.39 is 10.0 Å². The molecule has 21 heavy (non-hydrogen) atoms. The van der Waals surface area contributed by atoms with E-state index in [1.165, 1.54) is 4.40 Å². The van der Waals surface area contributed by atoms with Gasteiger partial charge in [0.15, 0.2) is 10.8 Å². The molecule has 6 nitrogen and oxygen atoms in total. The molecule has 2 rings (SSSR count).